The summed E-state index contributed by atoms with van der Waals surface area (Å²) < 4.78 is 19.3. The number of amides is 1. The maximum Gasteiger partial charge on any atom is 0.407 e. The van der Waals surface area contributed by atoms with Crippen LogP contribution in [-0.2, 0) is 17.7 Å². The number of alkyl carbamates (subject to hydrolysis) is 1. The van der Waals surface area contributed by atoms with Gasteiger partial charge in [-0.15, -0.1) is 0 Å². The van der Waals surface area contributed by atoms with Gasteiger partial charge in [-0.1, -0.05) is 26.0 Å². The number of hydrogen-bond acceptors (Lipinski definition) is 3. The zero-order valence-corrected chi connectivity index (χ0v) is 14.7. The predicted molar refractivity (Wildman–Crippen MR) is 88.7 cm³/mol. The number of hydrogen-bond donors (Lipinski definition) is 2. The molecule has 0 saturated carbocycles. The maximum absolute atomic E-state index is 14.1. The van der Waals surface area contributed by atoms with E-state index in [1.54, 1.807) is 32.9 Å². The second kappa shape index (κ2) is 7.77. The van der Waals surface area contributed by atoms with Crippen LogP contribution in [0.1, 0.15) is 52.2 Å². The van der Waals surface area contributed by atoms with Crippen molar-refractivity contribution in [1.82, 2.24) is 5.32 Å². The fourth-order valence-corrected chi connectivity index (χ4v) is 1.94. The Kier molecular flexibility index (Phi) is 6.57. The van der Waals surface area contributed by atoms with Crippen molar-refractivity contribution in [3.05, 3.63) is 35.1 Å². The molecule has 0 aliphatic rings. The van der Waals surface area contributed by atoms with Gasteiger partial charge in [-0.05, 0) is 56.2 Å². The molecule has 0 spiro atoms. The summed E-state index contributed by atoms with van der Waals surface area (Å²) in [6.45, 7) is 9.55. The van der Waals surface area contributed by atoms with Crippen molar-refractivity contribution < 1.29 is 19.0 Å². The van der Waals surface area contributed by atoms with Gasteiger partial charge < -0.3 is 15.2 Å². The van der Waals surface area contributed by atoms with E-state index in [1.165, 1.54) is 6.07 Å². The van der Waals surface area contributed by atoms with Crippen molar-refractivity contribution in [1.29, 1.82) is 0 Å². The van der Waals surface area contributed by atoms with E-state index in [2.05, 4.69) is 5.32 Å². The van der Waals surface area contributed by atoms with Gasteiger partial charge in [0, 0.05) is 13.2 Å². The van der Waals surface area contributed by atoms with Crippen LogP contribution in [0.5, 0.6) is 0 Å². The lowest BCUT2D eigenvalue weighted by atomic mass is 9.87. The summed E-state index contributed by atoms with van der Waals surface area (Å²) in [7, 11) is 0. The van der Waals surface area contributed by atoms with E-state index >= 15 is 0 Å². The Bertz CT molecular complexity index is 536. The molecule has 0 radical (unpaired) electrons. The molecule has 0 fully saturated rings. The molecule has 5 heteroatoms. The van der Waals surface area contributed by atoms with Crippen LogP contribution in [0.3, 0.4) is 0 Å². The molecule has 130 valence electrons. The van der Waals surface area contributed by atoms with Crippen LogP contribution in [0, 0.1) is 11.2 Å². The quantitative estimate of drug-likeness (QED) is 0.836. The van der Waals surface area contributed by atoms with Crippen LogP contribution in [-0.4, -0.2) is 23.4 Å². The molecular weight excluding hydrogens is 297 g/mol. The Morgan fingerprint density at radius 1 is 1.26 bits per heavy atom. The van der Waals surface area contributed by atoms with Crippen LogP contribution in [0.2, 0.25) is 0 Å². The number of aliphatic hydroxyl groups is 1. The normalized spacial score (nSPS) is 12.1. The second-order valence-corrected chi connectivity index (χ2v) is 7.60. The summed E-state index contributed by atoms with van der Waals surface area (Å²) >= 11 is 0. The van der Waals surface area contributed by atoms with E-state index < -0.39 is 11.7 Å². The number of benzene rings is 1. The van der Waals surface area contributed by atoms with Gasteiger partial charge in [0.25, 0.3) is 0 Å². The molecule has 0 aliphatic heterocycles. The number of carbonyl (C=O) groups excluding carboxylic acids is 1. The van der Waals surface area contributed by atoms with Gasteiger partial charge in [0.1, 0.15) is 11.4 Å². The minimum atomic E-state index is -0.557. The minimum Gasteiger partial charge on any atom is -0.444 e. The van der Waals surface area contributed by atoms with Gasteiger partial charge in [0.2, 0.25) is 0 Å². The molecule has 4 nitrogen and oxygen atoms in total. The summed E-state index contributed by atoms with van der Waals surface area (Å²) in [4.78, 5) is 11.6. The lowest BCUT2D eigenvalue weighted by Crippen LogP contribution is -2.32. The lowest BCUT2D eigenvalue weighted by Gasteiger charge is -2.21. The summed E-state index contributed by atoms with van der Waals surface area (Å²) in [5.74, 6) is -0.290. The van der Waals surface area contributed by atoms with Crippen LogP contribution in [0.25, 0.3) is 0 Å². The summed E-state index contributed by atoms with van der Waals surface area (Å²) in [6.07, 6.45) is 0.751. The molecular formula is C18H28FNO3. The first-order chi connectivity index (χ1) is 10.5. The highest BCUT2D eigenvalue weighted by molar-refractivity contribution is 5.67. The van der Waals surface area contributed by atoms with Gasteiger partial charge in [-0.3, -0.25) is 0 Å². The molecule has 1 aromatic rings. The van der Waals surface area contributed by atoms with E-state index in [9.17, 15) is 14.3 Å². The van der Waals surface area contributed by atoms with Crippen molar-refractivity contribution >= 4 is 6.09 Å². The largest absolute Gasteiger partial charge is 0.444 e. The highest BCUT2D eigenvalue weighted by Gasteiger charge is 2.18. The zero-order chi connectivity index (χ0) is 17.7. The number of rotatable bonds is 6. The van der Waals surface area contributed by atoms with Crippen molar-refractivity contribution in [2.45, 2.75) is 59.6 Å². The summed E-state index contributed by atoms with van der Waals surface area (Å²) in [5, 5.41) is 11.8. The Labute approximate surface area is 138 Å². The average Bonchev–Trinajstić information content (AvgIpc) is 2.42. The summed E-state index contributed by atoms with van der Waals surface area (Å²) in [5.41, 5.74) is 0.522. The molecule has 23 heavy (non-hydrogen) atoms. The fourth-order valence-electron chi connectivity index (χ4n) is 1.94. The highest BCUT2D eigenvalue weighted by atomic mass is 19.1. The lowest BCUT2D eigenvalue weighted by molar-refractivity contribution is 0.0523. The molecule has 0 aliphatic carbocycles. The number of halogens is 1. The van der Waals surface area contributed by atoms with E-state index in [4.69, 9.17) is 4.74 Å². The first kappa shape index (κ1) is 19.4. The highest BCUT2D eigenvalue weighted by Crippen LogP contribution is 2.23. The third-order valence-electron chi connectivity index (χ3n) is 3.45. The standard InChI is InChI=1S/C18H28FNO3/c1-17(2,3)23-16(22)20-11-13-6-7-14(15(19)10-13)8-9-18(4,5)12-21/h6-7,10,21H,8-9,11-12H2,1-5H3,(H,20,22). The molecule has 0 atom stereocenters. The van der Waals surface area contributed by atoms with Crippen molar-refractivity contribution in [3.63, 3.8) is 0 Å². The van der Waals surface area contributed by atoms with Crippen LogP contribution >= 0.6 is 0 Å². The number of aryl methyl sites for hydroxylation is 1. The average molecular weight is 325 g/mol. The monoisotopic (exact) mass is 325 g/mol. The maximum atomic E-state index is 14.1. The Balaban J connectivity index is 2.58. The zero-order valence-electron chi connectivity index (χ0n) is 14.7. The molecule has 0 aromatic heterocycles. The van der Waals surface area contributed by atoms with E-state index in [0.717, 1.165) is 0 Å². The number of ether oxygens (including phenoxy) is 1. The molecule has 2 N–H and O–H groups in total. The van der Waals surface area contributed by atoms with Gasteiger partial charge in [0.05, 0.1) is 0 Å². The van der Waals surface area contributed by atoms with Crippen LogP contribution < -0.4 is 5.32 Å². The van der Waals surface area contributed by atoms with Gasteiger partial charge >= 0.3 is 6.09 Å². The van der Waals surface area contributed by atoms with Crippen LogP contribution in [0.4, 0.5) is 9.18 Å². The third-order valence-corrected chi connectivity index (χ3v) is 3.45. The topological polar surface area (TPSA) is 58.6 Å². The van der Waals surface area contributed by atoms with E-state index in [1.807, 2.05) is 13.8 Å². The molecule has 1 aromatic carbocycles. The van der Waals surface area contributed by atoms with Gasteiger partial charge in [-0.2, -0.15) is 0 Å². The van der Waals surface area contributed by atoms with Gasteiger partial charge in [-0.25, -0.2) is 9.18 Å². The number of nitrogens with one attached hydrogen (secondary N) is 1. The predicted octanol–water partition coefficient (Wildman–Crippen LogP) is 3.80. The van der Waals surface area contributed by atoms with E-state index in [0.29, 0.717) is 24.0 Å². The second-order valence-electron chi connectivity index (χ2n) is 7.60. The van der Waals surface area contributed by atoms with Crippen molar-refractivity contribution in [2.24, 2.45) is 5.41 Å². The fraction of sp³-hybridized carbons (Fsp3) is 0.611. The number of carbonyl (C=O) groups is 1. The first-order valence-corrected chi connectivity index (χ1v) is 7.87. The first-order valence-electron chi connectivity index (χ1n) is 7.87. The molecule has 1 rings (SSSR count). The molecule has 0 bridgehead atoms. The SMILES string of the molecule is CC(C)(CO)CCc1ccc(CNC(=O)OC(C)(C)C)cc1F. The molecule has 0 unspecified atom stereocenters. The van der Waals surface area contributed by atoms with Crippen LogP contribution in [0.15, 0.2) is 18.2 Å². The Morgan fingerprint density at radius 3 is 2.43 bits per heavy atom. The van der Waals surface area contributed by atoms with E-state index in [-0.39, 0.29) is 24.4 Å². The molecule has 0 heterocycles. The Morgan fingerprint density at radius 2 is 1.91 bits per heavy atom. The Hall–Kier alpha value is -1.62. The summed E-state index contributed by atoms with van der Waals surface area (Å²) in [6, 6.07) is 4.95. The minimum absolute atomic E-state index is 0.0759. The number of aliphatic hydroxyl groups excluding tert-OH is 1. The third kappa shape index (κ3) is 7.46. The van der Waals surface area contributed by atoms with Crippen molar-refractivity contribution in [3.8, 4) is 0 Å². The van der Waals surface area contributed by atoms with Crippen molar-refractivity contribution in [2.75, 3.05) is 6.61 Å². The molecule has 0 saturated heterocycles. The molecule has 1 amide bonds. The van der Waals surface area contributed by atoms with Gasteiger partial charge in [0.15, 0.2) is 0 Å². The smallest absolute Gasteiger partial charge is 0.407 e.